The van der Waals surface area contributed by atoms with Crippen LogP contribution >= 0.6 is 0 Å². The van der Waals surface area contributed by atoms with Crippen LogP contribution in [0.3, 0.4) is 0 Å². The smallest absolute Gasteiger partial charge is 0.325 e. The van der Waals surface area contributed by atoms with Crippen LogP contribution in [0, 0.1) is 17.0 Å². The predicted octanol–water partition coefficient (Wildman–Crippen LogP) is 2.06. The number of benzene rings is 2. The molecule has 9 heteroatoms. The highest BCUT2D eigenvalue weighted by molar-refractivity contribution is 6.05. The van der Waals surface area contributed by atoms with Crippen molar-refractivity contribution in [1.29, 1.82) is 0 Å². The molecular formula is C18H17N3O6. The molecule has 0 aromatic heterocycles. The maximum atomic E-state index is 12.3. The number of nitro benzene ring substituents is 1. The lowest BCUT2D eigenvalue weighted by Gasteiger charge is -2.08. The summed E-state index contributed by atoms with van der Waals surface area (Å²) in [5.41, 5.74) is 1.35. The molecule has 2 rings (SSSR count). The van der Waals surface area contributed by atoms with Gasteiger partial charge in [-0.1, -0.05) is 0 Å². The number of nitro groups is 1. The van der Waals surface area contributed by atoms with Gasteiger partial charge in [-0.3, -0.25) is 24.5 Å². The van der Waals surface area contributed by atoms with Crippen molar-refractivity contribution in [2.75, 3.05) is 19.0 Å². The summed E-state index contributed by atoms with van der Waals surface area (Å²) in [6.07, 6.45) is 0. The fourth-order valence-corrected chi connectivity index (χ4v) is 2.24. The summed E-state index contributed by atoms with van der Waals surface area (Å²) in [5.74, 6) is -1.45. The van der Waals surface area contributed by atoms with Crippen LogP contribution < -0.4 is 10.6 Å². The molecular weight excluding hydrogens is 354 g/mol. The van der Waals surface area contributed by atoms with Crippen LogP contribution in [0.25, 0.3) is 0 Å². The van der Waals surface area contributed by atoms with Crippen LogP contribution in [0.5, 0.6) is 0 Å². The van der Waals surface area contributed by atoms with Gasteiger partial charge in [-0.15, -0.1) is 0 Å². The number of aryl methyl sites for hydroxylation is 1. The van der Waals surface area contributed by atoms with Gasteiger partial charge >= 0.3 is 5.97 Å². The van der Waals surface area contributed by atoms with Gasteiger partial charge in [0.05, 0.1) is 12.0 Å². The van der Waals surface area contributed by atoms with Crippen molar-refractivity contribution >= 4 is 29.2 Å². The minimum Gasteiger partial charge on any atom is -0.468 e. The molecule has 0 aliphatic heterocycles. The number of methoxy groups -OCH3 is 1. The Balaban J connectivity index is 2.02. The van der Waals surface area contributed by atoms with Gasteiger partial charge in [0.15, 0.2) is 0 Å². The molecule has 2 aromatic rings. The molecule has 0 saturated carbocycles. The number of esters is 1. The Bertz CT molecular complexity index is 892. The first-order valence-electron chi connectivity index (χ1n) is 7.83. The van der Waals surface area contributed by atoms with Crippen molar-refractivity contribution in [3.05, 3.63) is 69.3 Å². The van der Waals surface area contributed by atoms with Gasteiger partial charge in [-0.2, -0.15) is 0 Å². The summed E-state index contributed by atoms with van der Waals surface area (Å²) in [6.45, 7) is 1.31. The maximum absolute atomic E-state index is 12.3. The number of hydrogen-bond donors (Lipinski definition) is 2. The third kappa shape index (κ3) is 5.11. The van der Waals surface area contributed by atoms with E-state index in [9.17, 15) is 24.5 Å². The number of hydrogen-bond acceptors (Lipinski definition) is 6. The molecule has 27 heavy (non-hydrogen) atoms. The van der Waals surface area contributed by atoms with Gasteiger partial charge < -0.3 is 15.4 Å². The van der Waals surface area contributed by atoms with E-state index >= 15 is 0 Å². The van der Waals surface area contributed by atoms with E-state index in [4.69, 9.17) is 0 Å². The Morgan fingerprint density at radius 2 is 1.67 bits per heavy atom. The molecule has 0 aliphatic carbocycles. The Kier molecular flexibility index (Phi) is 6.21. The summed E-state index contributed by atoms with van der Waals surface area (Å²) < 4.78 is 4.43. The fraction of sp³-hybridized carbons (Fsp3) is 0.167. The standard InChI is InChI=1S/C18H17N3O6/c1-11-9-13(5-8-15(11)21(25)26)18(24)20-14-6-3-12(4-7-14)17(23)19-10-16(22)27-2/h3-9H,10H2,1-2H3,(H,19,23)(H,20,24). The Morgan fingerprint density at radius 3 is 2.22 bits per heavy atom. The second-order valence-corrected chi connectivity index (χ2v) is 5.55. The second kappa shape index (κ2) is 8.56. The van der Waals surface area contributed by atoms with Crippen LogP contribution in [0.2, 0.25) is 0 Å². The van der Waals surface area contributed by atoms with E-state index in [1.807, 2.05) is 0 Å². The van der Waals surface area contributed by atoms with E-state index in [0.29, 0.717) is 16.8 Å². The summed E-state index contributed by atoms with van der Waals surface area (Å²) >= 11 is 0. The molecule has 2 aromatic carbocycles. The van der Waals surface area contributed by atoms with Gasteiger partial charge in [-0.05, 0) is 43.3 Å². The SMILES string of the molecule is COC(=O)CNC(=O)c1ccc(NC(=O)c2ccc([N+](=O)[O-])c(C)c2)cc1. The lowest BCUT2D eigenvalue weighted by molar-refractivity contribution is -0.385. The molecule has 0 radical (unpaired) electrons. The summed E-state index contributed by atoms with van der Waals surface area (Å²) in [5, 5.41) is 15.9. The van der Waals surface area contributed by atoms with Crippen LogP contribution in [-0.2, 0) is 9.53 Å². The van der Waals surface area contributed by atoms with Crippen molar-refractivity contribution in [2.45, 2.75) is 6.92 Å². The van der Waals surface area contributed by atoms with Crippen LogP contribution in [0.15, 0.2) is 42.5 Å². The zero-order valence-electron chi connectivity index (χ0n) is 14.6. The van der Waals surface area contributed by atoms with E-state index in [0.717, 1.165) is 0 Å². The number of carbonyl (C=O) groups is 3. The molecule has 2 amide bonds. The number of rotatable bonds is 6. The van der Waals surface area contributed by atoms with Crippen LogP contribution in [0.1, 0.15) is 26.3 Å². The predicted molar refractivity (Wildman–Crippen MR) is 96.6 cm³/mol. The molecule has 0 saturated heterocycles. The molecule has 0 heterocycles. The quantitative estimate of drug-likeness (QED) is 0.454. The number of nitrogens with one attached hydrogen (secondary N) is 2. The van der Waals surface area contributed by atoms with Gasteiger partial charge in [0.1, 0.15) is 6.54 Å². The average molecular weight is 371 g/mol. The van der Waals surface area contributed by atoms with E-state index in [-0.39, 0.29) is 17.8 Å². The molecule has 140 valence electrons. The zero-order chi connectivity index (χ0) is 20.0. The number of carbonyl (C=O) groups excluding carboxylic acids is 3. The van der Waals surface area contributed by atoms with Gasteiger partial charge in [0.2, 0.25) is 0 Å². The molecule has 9 nitrogen and oxygen atoms in total. The molecule has 0 atom stereocenters. The fourth-order valence-electron chi connectivity index (χ4n) is 2.24. The molecule has 2 N–H and O–H groups in total. The first kappa shape index (κ1) is 19.6. The number of anilines is 1. The first-order chi connectivity index (χ1) is 12.8. The highest BCUT2D eigenvalue weighted by atomic mass is 16.6. The lowest BCUT2D eigenvalue weighted by atomic mass is 10.1. The number of amides is 2. The largest absolute Gasteiger partial charge is 0.468 e. The van der Waals surface area contributed by atoms with Crippen LogP contribution in [-0.4, -0.2) is 36.4 Å². The summed E-state index contributed by atoms with van der Waals surface area (Å²) in [7, 11) is 1.22. The van der Waals surface area contributed by atoms with Crippen molar-refractivity contribution in [1.82, 2.24) is 5.32 Å². The lowest BCUT2D eigenvalue weighted by Crippen LogP contribution is -2.30. The minimum absolute atomic E-state index is 0.0612. The molecule has 0 spiro atoms. The average Bonchev–Trinajstić information content (AvgIpc) is 2.65. The monoisotopic (exact) mass is 371 g/mol. The molecule has 0 aliphatic rings. The summed E-state index contributed by atoms with van der Waals surface area (Å²) in [4.78, 5) is 45.5. The molecule has 0 fully saturated rings. The molecule has 0 bridgehead atoms. The number of nitrogens with zero attached hydrogens (tertiary/aromatic N) is 1. The first-order valence-corrected chi connectivity index (χ1v) is 7.83. The maximum Gasteiger partial charge on any atom is 0.325 e. The van der Waals surface area contributed by atoms with Gasteiger partial charge in [-0.25, -0.2) is 0 Å². The third-order valence-electron chi connectivity index (χ3n) is 3.68. The van der Waals surface area contributed by atoms with E-state index < -0.39 is 22.7 Å². The van der Waals surface area contributed by atoms with E-state index in [1.165, 1.54) is 49.6 Å². The normalized spacial score (nSPS) is 10.0. The second-order valence-electron chi connectivity index (χ2n) is 5.55. The minimum atomic E-state index is -0.564. The Hall–Kier alpha value is -3.75. The van der Waals surface area contributed by atoms with Crippen molar-refractivity contribution < 1.29 is 24.0 Å². The Morgan fingerprint density at radius 1 is 1.04 bits per heavy atom. The summed E-state index contributed by atoms with van der Waals surface area (Å²) in [6, 6.07) is 10.1. The van der Waals surface area contributed by atoms with Crippen molar-refractivity contribution in [3.63, 3.8) is 0 Å². The number of ether oxygens (including phenoxy) is 1. The highest BCUT2D eigenvalue weighted by Gasteiger charge is 2.14. The third-order valence-corrected chi connectivity index (χ3v) is 3.68. The topological polar surface area (TPSA) is 128 Å². The zero-order valence-corrected chi connectivity index (χ0v) is 14.6. The van der Waals surface area contributed by atoms with Crippen molar-refractivity contribution in [3.8, 4) is 0 Å². The highest BCUT2D eigenvalue weighted by Crippen LogP contribution is 2.19. The molecule has 0 unspecified atom stereocenters. The van der Waals surface area contributed by atoms with Gasteiger partial charge in [0, 0.05) is 28.4 Å². The van der Waals surface area contributed by atoms with E-state index in [2.05, 4.69) is 15.4 Å². The van der Waals surface area contributed by atoms with Crippen molar-refractivity contribution in [2.24, 2.45) is 0 Å². The van der Waals surface area contributed by atoms with Gasteiger partial charge in [0.25, 0.3) is 17.5 Å². The Labute approximate surface area is 154 Å². The van der Waals surface area contributed by atoms with E-state index in [1.54, 1.807) is 6.92 Å². The van der Waals surface area contributed by atoms with Crippen LogP contribution in [0.4, 0.5) is 11.4 Å².